The standard InChI is InChI=1S/C60H36/c1-7-19-51-43(13-1)44-14-2-8-20-52(44)59(51)55-23-11-5-17-47(55)49-31-29-41(35-57(49)59)39-27-25-38-34-40(28-26-37(38)33-39)42-30-32-50-48-18-6-12-24-56(48)60(58(50)36-42)53-21-9-3-15-45(53)46-16-4-10-22-54(46)60/h1-36H. The maximum Gasteiger partial charge on any atom is 0.0725 e. The highest BCUT2D eigenvalue weighted by Crippen LogP contribution is 2.64. The Hall–Kier alpha value is -7.54. The van der Waals surface area contributed by atoms with E-state index < -0.39 is 0 Å². The van der Waals surface area contributed by atoms with Crippen LogP contribution in [0.4, 0.5) is 0 Å². The molecule has 0 amide bonds. The lowest BCUT2D eigenvalue weighted by molar-refractivity contribution is 0.794. The molecule has 0 unspecified atom stereocenters. The molecule has 0 fully saturated rings. The fourth-order valence-corrected chi connectivity index (χ4v) is 12.2. The van der Waals surface area contributed by atoms with Gasteiger partial charge in [-0.3, -0.25) is 0 Å². The van der Waals surface area contributed by atoms with Gasteiger partial charge >= 0.3 is 0 Å². The van der Waals surface area contributed by atoms with E-state index in [1.54, 1.807) is 0 Å². The molecular weight excluding hydrogens is 721 g/mol. The molecule has 4 aliphatic carbocycles. The summed E-state index contributed by atoms with van der Waals surface area (Å²) in [4.78, 5) is 0. The fraction of sp³-hybridized carbons (Fsp3) is 0.0333. The van der Waals surface area contributed by atoms with Gasteiger partial charge in [0.25, 0.3) is 0 Å². The topological polar surface area (TPSA) is 0 Å². The van der Waals surface area contributed by atoms with Crippen molar-refractivity contribution in [1.82, 2.24) is 0 Å². The van der Waals surface area contributed by atoms with Crippen LogP contribution in [0.5, 0.6) is 0 Å². The van der Waals surface area contributed by atoms with Gasteiger partial charge in [-0.1, -0.05) is 194 Å². The summed E-state index contributed by atoms with van der Waals surface area (Å²) in [6.45, 7) is 0. The second kappa shape index (κ2) is 11.6. The zero-order chi connectivity index (χ0) is 39.2. The van der Waals surface area contributed by atoms with Gasteiger partial charge in [-0.25, -0.2) is 0 Å². The highest BCUT2D eigenvalue weighted by atomic mass is 14.5. The Bertz CT molecular complexity index is 3150. The van der Waals surface area contributed by atoms with Crippen LogP contribution in [0.2, 0.25) is 0 Å². The molecule has 0 N–H and O–H groups in total. The summed E-state index contributed by atoms with van der Waals surface area (Å²) in [5.41, 5.74) is 25.9. The molecule has 0 aliphatic heterocycles. The van der Waals surface area contributed by atoms with Crippen molar-refractivity contribution >= 4 is 10.8 Å². The van der Waals surface area contributed by atoms with Gasteiger partial charge in [0.05, 0.1) is 10.8 Å². The molecule has 0 aromatic heterocycles. The van der Waals surface area contributed by atoms with Gasteiger partial charge in [-0.05, 0) is 146 Å². The minimum Gasteiger partial charge on any atom is -0.0619 e. The monoisotopic (exact) mass is 756 g/mol. The van der Waals surface area contributed by atoms with Crippen LogP contribution in [0.3, 0.4) is 0 Å². The first-order valence-electron chi connectivity index (χ1n) is 21.2. The van der Waals surface area contributed by atoms with Gasteiger partial charge in [-0.2, -0.15) is 0 Å². The summed E-state index contributed by atoms with van der Waals surface area (Å²) in [6, 6.07) is 82.7. The smallest absolute Gasteiger partial charge is 0.0619 e. The normalized spacial score (nSPS) is 14.6. The molecule has 0 bridgehead atoms. The third kappa shape index (κ3) is 3.88. The van der Waals surface area contributed by atoms with Crippen LogP contribution in [-0.2, 0) is 10.8 Å². The lowest BCUT2D eigenvalue weighted by Gasteiger charge is -2.30. The van der Waals surface area contributed by atoms with Crippen LogP contribution >= 0.6 is 0 Å². The zero-order valence-corrected chi connectivity index (χ0v) is 32.8. The molecule has 0 radical (unpaired) electrons. The minimum absolute atomic E-state index is 0.348. The Morgan fingerprint density at radius 2 is 0.417 bits per heavy atom. The summed E-state index contributed by atoms with van der Waals surface area (Å²) in [5.74, 6) is 0. The molecule has 4 aliphatic rings. The van der Waals surface area contributed by atoms with E-state index in [0.29, 0.717) is 0 Å². The molecule has 14 rings (SSSR count). The first-order chi connectivity index (χ1) is 29.7. The van der Waals surface area contributed by atoms with E-state index in [9.17, 15) is 0 Å². The van der Waals surface area contributed by atoms with E-state index in [-0.39, 0.29) is 10.8 Å². The van der Waals surface area contributed by atoms with Gasteiger partial charge in [-0.15, -0.1) is 0 Å². The molecule has 276 valence electrons. The predicted molar refractivity (Wildman–Crippen MR) is 247 cm³/mol. The van der Waals surface area contributed by atoms with Gasteiger partial charge in [0.15, 0.2) is 0 Å². The SMILES string of the molecule is c1ccc2c(c1)-c1ccccc1C21c2ccccc2-c2ccc(-c3ccc4cc(-c5ccc6c(c5)C5(c7ccccc7-c7ccccc75)c5ccccc5-6)ccc4c3)cc21. The lowest BCUT2D eigenvalue weighted by Crippen LogP contribution is -2.25. The second-order valence-electron chi connectivity index (χ2n) is 17.1. The zero-order valence-electron chi connectivity index (χ0n) is 32.8. The summed E-state index contributed by atoms with van der Waals surface area (Å²) in [6.07, 6.45) is 0. The van der Waals surface area contributed by atoms with Crippen molar-refractivity contribution in [3.63, 3.8) is 0 Å². The van der Waals surface area contributed by atoms with Crippen LogP contribution in [-0.4, -0.2) is 0 Å². The molecule has 0 heterocycles. The lowest BCUT2D eigenvalue weighted by atomic mass is 9.70. The maximum absolute atomic E-state index is 2.49. The molecule has 0 nitrogen and oxygen atoms in total. The van der Waals surface area contributed by atoms with E-state index >= 15 is 0 Å². The number of rotatable bonds is 2. The highest BCUT2D eigenvalue weighted by Gasteiger charge is 2.53. The average Bonchev–Trinajstić information content (AvgIpc) is 4.00. The molecule has 0 saturated heterocycles. The third-order valence-electron chi connectivity index (χ3n) is 14.5. The van der Waals surface area contributed by atoms with E-state index in [2.05, 4.69) is 218 Å². The van der Waals surface area contributed by atoms with Crippen LogP contribution in [0.15, 0.2) is 218 Å². The first kappa shape index (κ1) is 32.4. The first-order valence-corrected chi connectivity index (χ1v) is 21.2. The largest absolute Gasteiger partial charge is 0.0725 e. The molecule has 60 heavy (non-hydrogen) atoms. The van der Waals surface area contributed by atoms with E-state index in [0.717, 1.165) is 0 Å². The van der Waals surface area contributed by atoms with Crippen LogP contribution in [0, 0.1) is 0 Å². The predicted octanol–water partition coefficient (Wildman–Crippen LogP) is 14.9. The van der Waals surface area contributed by atoms with Crippen molar-refractivity contribution in [3.8, 4) is 66.8 Å². The Kier molecular flexibility index (Phi) is 6.25. The average molecular weight is 757 g/mol. The number of benzene rings is 10. The van der Waals surface area contributed by atoms with E-state index in [1.807, 2.05) is 0 Å². The summed E-state index contributed by atoms with van der Waals surface area (Å²) < 4.78 is 0. The summed E-state index contributed by atoms with van der Waals surface area (Å²) in [5, 5.41) is 2.49. The molecule has 0 heteroatoms. The minimum atomic E-state index is -0.348. The second-order valence-corrected chi connectivity index (χ2v) is 17.1. The molecule has 2 spiro atoms. The third-order valence-corrected chi connectivity index (χ3v) is 14.5. The Balaban J connectivity index is 0.895. The van der Waals surface area contributed by atoms with Crippen LogP contribution in [0.25, 0.3) is 77.5 Å². The number of fused-ring (bicyclic) bond motifs is 21. The number of hydrogen-bond acceptors (Lipinski definition) is 0. The fourth-order valence-electron chi connectivity index (χ4n) is 12.2. The van der Waals surface area contributed by atoms with Gasteiger partial charge in [0, 0.05) is 0 Å². The quantitative estimate of drug-likeness (QED) is 0.165. The molecule has 0 atom stereocenters. The Morgan fingerprint density at radius 1 is 0.183 bits per heavy atom. The van der Waals surface area contributed by atoms with Gasteiger partial charge < -0.3 is 0 Å². The molecular formula is C60H36. The van der Waals surface area contributed by atoms with Gasteiger partial charge in [0.2, 0.25) is 0 Å². The van der Waals surface area contributed by atoms with Gasteiger partial charge in [0.1, 0.15) is 0 Å². The van der Waals surface area contributed by atoms with Crippen molar-refractivity contribution in [2.45, 2.75) is 10.8 Å². The van der Waals surface area contributed by atoms with E-state index in [1.165, 1.54) is 122 Å². The molecule has 0 saturated carbocycles. The van der Waals surface area contributed by atoms with Crippen molar-refractivity contribution in [2.75, 3.05) is 0 Å². The maximum atomic E-state index is 2.49. The molecule has 10 aromatic rings. The van der Waals surface area contributed by atoms with Crippen molar-refractivity contribution in [2.24, 2.45) is 0 Å². The van der Waals surface area contributed by atoms with Crippen LogP contribution < -0.4 is 0 Å². The van der Waals surface area contributed by atoms with Crippen molar-refractivity contribution in [3.05, 3.63) is 263 Å². The summed E-state index contributed by atoms with van der Waals surface area (Å²) in [7, 11) is 0. The van der Waals surface area contributed by atoms with Crippen LogP contribution in [0.1, 0.15) is 44.5 Å². The molecule has 10 aromatic carbocycles. The Labute approximate surface area is 349 Å². The van der Waals surface area contributed by atoms with E-state index in [4.69, 9.17) is 0 Å². The Morgan fingerprint density at radius 3 is 0.717 bits per heavy atom. The summed E-state index contributed by atoms with van der Waals surface area (Å²) >= 11 is 0. The number of hydrogen-bond donors (Lipinski definition) is 0. The van der Waals surface area contributed by atoms with Crippen molar-refractivity contribution in [1.29, 1.82) is 0 Å². The highest BCUT2D eigenvalue weighted by molar-refractivity contribution is 5.99. The van der Waals surface area contributed by atoms with Crippen molar-refractivity contribution < 1.29 is 0 Å².